The number of allylic oxidation sites excluding steroid dienone is 1. The summed E-state index contributed by atoms with van der Waals surface area (Å²) in [5.74, 6) is 1.17. The maximum Gasteiger partial charge on any atom is 0.338 e. The number of hydrogen-bond acceptors (Lipinski definition) is 7. The number of carbonyl (C=O) groups excluding carboxylic acids is 1. The first-order valence-corrected chi connectivity index (χ1v) is 9.43. The normalized spacial score (nSPS) is 15.2. The Labute approximate surface area is 174 Å². The molecule has 154 valence electrons. The van der Waals surface area contributed by atoms with Crippen LogP contribution in [-0.4, -0.2) is 35.0 Å². The summed E-state index contributed by atoms with van der Waals surface area (Å²) in [6.45, 7) is 2.15. The Morgan fingerprint density at radius 1 is 1.13 bits per heavy atom. The number of carbonyl (C=O) groups is 1. The second-order valence-corrected chi connectivity index (χ2v) is 6.74. The third-order valence-electron chi connectivity index (χ3n) is 4.95. The van der Waals surface area contributed by atoms with Gasteiger partial charge >= 0.3 is 5.97 Å². The molecule has 0 spiro atoms. The molecule has 0 radical (unpaired) electrons. The van der Waals surface area contributed by atoms with Gasteiger partial charge in [-0.2, -0.15) is 10.1 Å². The molecule has 1 unspecified atom stereocenters. The van der Waals surface area contributed by atoms with E-state index in [1.807, 2.05) is 55.5 Å². The minimum atomic E-state index is -0.586. The zero-order chi connectivity index (χ0) is 21.1. The van der Waals surface area contributed by atoms with Gasteiger partial charge in [-0.1, -0.05) is 42.5 Å². The largest absolute Gasteiger partial charge is 0.493 e. The van der Waals surface area contributed by atoms with Crippen LogP contribution < -0.4 is 14.8 Å². The lowest BCUT2D eigenvalue weighted by Crippen LogP contribution is -2.29. The van der Waals surface area contributed by atoms with Gasteiger partial charge in [0, 0.05) is 11.3 Å². The second kappa shape index (κ2) is 8.28. The molecule has 0 saturated carbocycles. The van der Waals surface area contributed by atoms with Crippen LogP contribution in [-0.2, 0) is 16.1 Å². The molecule has 8 nitrogen and oxygen atoms in total. The molecule has 1 aromatic heterocycles. The highest BCUT2D eigenvalue weighted by molar-refractivity contribution is 5.92. The molecule has 0 bridgehead atoms. The lowest BCUT2D eigenvalue weighted by molar-refractivity contribution is -0.136. The van der Waals surface area contributed by atoms with Gasteiger partial charge in [-0.3, -0.25) is 0 Å². The van der Waals surface area contributed by atoms with Crippen molar-refractivity contribution in [2.45, 2.75) is 19.6 Å². The number of aromatic nitrogens is 3. The molecule has 1 aliphatic rings. The average molecular weight is 406 g/mol. The van der Waals surface area contributed by atoms with E-state index in [2.05, 4.69) is 15.4 Å². The van der Waals surface area contributed by atoms with E-state index in [-0.39, 0.29) is 0 Å². The van der Waals surface area contributed by atoms with Crippen molar-refractivity contribution in [3.8, 4) is 11.5 Å². The Hall–Kier alpha value is -3.81. The van der Waals surface area contributed by atoms with E-state index >= 15 is 0 Å². The maximum atomic E-state index is 12.7. The van der Waals surface area contributed by atoms with E-state index in [9.17, 15) is 4.79 Å². The van der Waals surface area contributed by atoms with Crippen LogP contribution in [0.2, 0.25) is 0 Å². The molecule has 0 saturated heterocycles. The van der Waals surface area contributed by atoms with Gasteiger partial charge in [0.1, 0.15) is 19.0 Å². The highest BCUT2D eigenvalue weighted by atomic mass is 16.5. The van der Waals surface area contributed by atoms with Crippen molar-refractivity contribution < 1.29 is 19.0 Å². The Morgan fingerprint density at radius 3 is 2.67 bits per heavy atom. The summed E-state index contributed by atoms with van der Waals surface area (Å²) in [6, 6.07) is 14.8. The zero-order valence-corrected chi connectivity index (χ0v) is 17.0. The highest BCUT2D eigenvalue weighted by Crippen LogP contribution is 2.43. The summed E-state index contributed by atoms with van der Waals surface area (Å²) >= 11 is 0. The molecule has 2 heterocycles. The molecule has 30 heavy (non-hydrogen) atoms. The number of nitrogens with one attached hydrogen (secondary N) is 1. The maximum absolute atomic E-state index is 12.7. The quantitative estimate of drug-likeness (QED) is 0.628. The van der Waals surface area contributed by atoms with Crippen molar-refractivity contribution in [1.29, 1.82) is 0 Å². The van der Waals surface area contributed by atoms with E-state index in [0.29, 0.717) is 35.3 Å². The molecule has 1 atom stereocenters. The summed E-state index contributed by atoms with van der Waals surface area (Å²) in [5, 5.41) is 7.44. The van der Waals surface area contributed by atoms with E-state index in [1.165, 1.54) is 13.4 Å². The molecule has 3 aromatic rings. The highest BCUT2D eigenvalue weighted by Gasteiger charge is 2.36. The Bertz CT molecular complexity index is 1090. The van der Waals surface area contributed by atoms with E-state index in [0.717, 1.165) is 11.1 Å². The molecule has 0 amide bonds. The number of rotatable bonds is 6. The van der Waals surface area contributed by atoms with Gasteiger partial charge in [-0.15, -0.1) is 0 Å². The van der Waals surface area contributed by atoms with Gasteiger partial charge in [0.25, 0.3) is 0 Å². The molecular formula is C22H22N4O4. The number of fused-ring (bicyclic) bond motifs is 1. The predicted molar refractivity (Wildman–Crippen MR) is 110 cm³/mol. The van der Waals surface area contributed by atoms with Gasteiger partial charge < -0.3 is 19.5 Å². The first-order valence-electron chi connectivity index (χ1n) is 9.43. The molecule has 8 heteroatoms. The van der Waals surface area contributed by atoms with E-state index in [1.54, 1.807) is 11.8 Å². The number of ether oxygens (including phenoxy) is 3. The standard InChI is InChI=1S/C22H22N4O4/c1-14-18(21(27)29-3)19(26-22(25-14)23-13-24-26)16-10-7-11-17(28-2)20(16)30-12-15-8-5-4-6-9-15/h4-11,13,19H,12H2,1-3H3,(H,23,24,25). The van der Waals surface area contributed by atoms with Gasteiger partial charge in [-0.25, -0.2) is 9.48 Å². The third kappa shape index (κ3) is 3.47. The van der Waals surface area contributed by atoms with E-state index < -0.39 is 12.0 Å². The molecule has 1 N–H and O–H groups in total. The minimum Gasteiger partial charge on any atom is -0.493 e. The van der Waals surface area contributed by atoms with Crippen molar-refractivity contribution in [2.24, 2.45) is 0 Å². The summed E-state index contributed by atoms with van der Waals surface area (Å²) in [6.07, 6.45) is 1.44. The molecular weight excluding hydrogens is 384 g/mol. The van der Waals surface area contributed by atoms with Crippen LogP contribution >= 0.6 is 0 Å². The van der Waals surface area contributed by atoms with Crippen LogP contribution in [0.15, 0.2) is 66.1 Å². The fourth-order valence-corrected chi connectivity index (χ4v) is 3.55. The lowest BCUT2D eigenvalue weighted by Gasteiger charge is -2.29. The summed E-state index contributed by atoms with van der Waals surface area (Å²) in [7, 11) is 2.94. The zero-order valence-electron chi connectivity index (χ0n) is 17.0. The fourth-order valence-electron chi connectivity index (χ4n) is 3.55. The van der Waals surface area contributed by atoms with Gasteiger partial charge in [0.2, 0.25) is 5.95 Å². The third-order valence-corrected chi connectivity index (χ3v) is 4.95. The molecule has 1 aliphatic heterocycles. The number of nitrogens with zero attached hydrogens (tertiary/aromatic N) is 3. The average Bonchev–Trinajstić information content (AvgIpc) is 3.24. The van der Waals surface area contributed by atoms with Crippen LogP contribution in [0.5, 0.6) is 11.5 Å². The minimum absolute atomic E-state index is 0.347. The van der Waals surface area contributed by atoms with E-state index in [4.69, 9.17) is 14.2 Å². The number of esters is 1. The molecule has 0 aliphatic carbocycles. The topological polar surface area (TPSA) is 87.5 Å². The number of anilines is 1. The second-order valence-electron chi connectivity index (χ2n) is 6.74. The molecule has 0 fully saturated rings. The SMILES string of the molecule is COC(=O)C1=C(C)Nc2ncnn2C1c1cccc(OC)c1OCc1ccccc1. The van der Waals surface area contributed by atoms with Crippen molar-refractivity contribution in [3.63, 3.8) is 0 Å². The molecule has 4 rings (SSSR count). The van der Waals surface area contributed by atoms with Gasteiger partial charge in [0.05, 0.1) is 19.8 Å². The fraction of sp³-hybridized carbons (Fsp3) is 0.227. The van der Waals surface area contributed by atoms with Crippen LogP contribution in [0.1, 0.15) is 24.1 Å². The lowest BCUT2D eigenvalue weighted by atomic mass is 9.94. The summed E-state index contributed by atoms with van der Waals surface area (Å²) in [5.41, 5.74) is 2.80. The Kier molecular flexibility index (Phi) is 5.38. The van der Waals surface area contributed by atoms with Crippen LogP contribution in [0, 0.1) is 0 Å². The molecule has 2 aromatic carbocycles. The number of para-hydroxylation sites is 1. The monoisotopic (exact) mass is 406 g/mol. The first kappa shape index (κ1) is 19.5. The predicted octanol–water partition coefficient (Wildman–Crippen LogP) is 3.33. The smallest absolute Gasteiger partial charge is 0.338 e. The van der Waals surface area contributed by atoms with Crippen molar-refractivity contribution in [3.05, 3.63) is 77.3 Å². The van der Waals surface area contributed by atoms with Crippen LogP contribution in [0.4, 0.5) is 5.95 Å². The van der Waals surface area contributed by atoms with Crippen molar-refractivity contribution in [1.82, 2.24) is 14.8 Å². The van der Waals surface area contributed by atoms with Gasteiger partial charge in [-0.05, 0) is 18.6 Å². The van der Waals surface area contributed by atoms with Crippen LogP contribution in [0.3, 0.4) is 0 Å². The number of methoxy groups -OCH3 is 2. The van der Waals surface area contributed by atoms with Crippen molar-refractivity contribution in [2.75, 3.05) is 19.5 Å². The number of hydrogen-bond donors (Lipinski definition) is 1. The Morgan fingerprint density at radius 2 is 1.93 bits per heavy atom. The van der Waals surface area contributed by atoms with Crippen LogP contribution in [0.25, 0.3) is 0 Å². The first-order chi connectivity index (χ1) is 14.6. The van der Waals surface area contributed by atoms with Crippen molar-refractivity contribution >= 4 is 11.9 Å². The summed E-state index contributed by atoms with van der Waals surface area (Å²) in [4.78, 5) is 16.9. The summed E-state index contributed by atoms with van der Waals surface area (Å²) < 4.78 is 18.5. The number of benzene rings is 2. The Balaban J connectivity index is 1.83. The van der Waals surface area contributed by atoms with Gasteiger partial charge in [0.15, 0.2) is 11.5 Å².